The fourth-order valence-corrected chi connectivity index (χ4v) is 2.18. The number of imidazole rings is 1. The fourth-order valence-electron chi connectivity index (χ4n) is 2.18. The van der Waals surface area contributed by atoms with Gasteiger partial charge in [-0.2, -0.15) is 0 Å². The van der Waals surface area contributed by atoms with Crippen LogP contribution in [0.3, 0.4) is 0 Å². The molecule has 1 aromatic carbocycles. The number of hydrogen-bond acceptors (Lipinski definition) is 3. The minimum absolute atomic E-state index is 0.267. The third-order valence-electron chi connectivity index (χ3n) is 2.88. The third kappa shape index (κ3) is 1.97. The quantitative estimate of drug-likeness (QED) is 0.611. The van der Waals surface area contributed by atoms with Crippen molar-refractivity contribution in [3.05, 3.63) is 50.2 Å². The number of hydrogen-bond donors (Lipinski definition) is 3. The molecule has 3 aromatic rings. The molecule has 0 spiro atoms. The van der Waals surface area contributed by atoms with Crippen LogP contribution in [0, 0.1) is 13.8 Å². The molecule has 2 heterocycles. The molecule has 0 aliphatic rings. The van der Waals surface area contributed by atoms with E-state index in [4.69, 9.17) is 0 Å². The van der Waals surface area contributed by atoms with Crippen molar-refractivity contribution in [3.63, 3.8) is 0 Å². The van der Waals surface area contributed by atoms with E-state index in [2.05, 4.69) is 26.0 Å². The molecule has 6 nitrogen and oxygen atoms in total. The molecule has 3 N–H and O–H groups in total. The standard InChI is InChI=1S/C13H12N4O2/c1-6-3-7(2)5-8(4-6)10-14-9-11(15-10)16-13(19)17-12(9)18/h3-5H,1-2H3,(H3,14,15,16,17,18,19). The van der Waals surface area contributed by atoms with E-state index in [-0.39, 0.29) is 11.2 Å². The number of benzene rings is 1. The maximum Gasteiger partial charge on any atom is 0.327 e. The minimum atomic E-state index is -0.559. The van der Waals surface area contributed by atoms with Crippen LogP contribution in [0.5, 0.6) is 0 Å². The van der Waals surface area contributed by atoms with Gasteiger partial charge in [0.15, 0.2) is 5.65 Å². The lowest BCUT2D eigenvalue weighted by molar-refractivity contribution is 1.07. The van der Waals surface area contributed by atoms with E-state index in [1.54, 1.807) is 0 Å². The molecular formula is C13H12N4O2. The van der Waals surface area contributed by atoms with Gasteiger partial charge < -0.3 is 4.98 Å². The van der Waals surface area contributed by atoms with E-state index < -0.39 is 11.2 Å². The van der Waals surface area contributed by atoms with Crippen molar-refractivity contribution >= 4 is 11.2 Å². The molecule has 6 heteroatoms. The highest BCUT2D eigenvalue weighted by atomic mass is 16.2. The molecule has 0 fully saturated rings. The van der Waals surface area contributed by atoms with Gasteiger partial charge in [0, 0.05) is 5.56 Å². The van der Waals surface area contributed by atoms with E-state index in [0.717, 1.165) is 16.7 Å². The van der Waals surface area contributed by atoms with Gasteiger partial charge in [0.05, 0.1) is 0 Å². The molecule has 0 aliphatic heterocycles. The van der Waals surface area contributed by atoms with Crippen molar-refractivity contribution in [2.24, 2.45) is 0 Å². The number of rotatable bonds is 1. The lowest BCUT2D eigenvalue weighted by Crippen LogP contribution is -2.21. The van der Waals surface area contributed by atoms with Crippen LogP contribution in [0.25, 0.3) is 22.6 Å². The largest absolute Gasteiger partial charge is 0.332 e. The monoisotopic (exact) mass is 256 g/mol. The summed E-state index contributed by atoms with van der Waals surface area (Å²) < 4.78 is 0. The highest BCUT2D eigenvalue weighted by molar-refractivity contribution is 5.74. The van der Waals surface area contributed by atoms with Gasteiger partial charge in [-0.05, 0) is 26.0 Å². The number of H-pyrrole nitrogens is 3. The van der Waals surface area contributed by atoms with Gasteiger partial charge in [-0.3, -0.25) is 14.8 Å². The molecule has 0 atom stereocenters. The second-order valence-electron chi connectivity index (χ2n) is 4.59. The Morgan fingerprint density at radius 1 is 0.947 bits per heavy atom. The van der Waals surface area contributed by atoms with Gasteiger partial charge in [0.1, 0.15) is 11.3 Å². The second-order valence-corrected chi connectivity index (χ2v) is 4.59. The van der Waals surface area contributed by atoms with Crippen molar-refractivity contribution in [1.82, 2.24) is 19.9 Å². The smallest absolute Gasteiger partial charge is 0.327 e. The van der Waals surface area contributed by atoms with Gasteiger partial charge in [-0.15, -0.1) is 0 Å². The Morgan fingerprint density at radius 2 is 1.63 bits per heavy atom. The maximum absolute atomic E-state index is 11.6. The molecule has 2 aromatic heterocycles. The number of fused-ring (bicyclic) bond motifs is 1. The highest BCUT2D eigenvalue weighted by Crippen LogP contribution is 2.20. The number of aromatic amines is 3. The summed E-state index contributed by atoms with van der Waals surface area (Å²) in [5.74, 6) is 0.564. The molecule has 0 unspecified atom stereocenters. The summed E-state index contributed by atoms with van der Waals surface area (Å²) in [6.07, 6.45) is 0. The molecular weight excluding hydrogens is 244 g/mol. The molecule has 0 amide bonds. The Kier molecular flexibility index (Phi) is 2.38. The summed E-state index contributed by atoms with van der Waals surface area (Å²) in [5, 5.41) is 0. The lowest BCUT2D eigenvalue weighted by atomic mass is 10.1. The Bertz CT molecular complexity index is 865. The van der Waals surface area contributed by atoms with Crippen molar-refractivity contribution in [2.75, 3.05) is 0 Å². The van der Waals surface area contributed by atoms with E-state index >= 15 is 0 Å². The summed E-state index contributed by atoms with van der Waals surface area (Å²) in [6, 6.07) is 5.99. The van der Waals surface area contributed by atoms with Crippen molar-refractivity contribution in [3.8, 4) is 11.4 Å². The van der Waals surface area contributed by atoms with Crippen LogP contribution in [0.15, 0.2) is 27.8 Å². The topological polar surface area (TPSA) is 94.4 Å². The molecule has 0 saturated heterocycles. The molecule has 0 aliphatic carbocycles. The zero-order chi connectivity index (χ0) is 13.6. The van der Waals surface area contributed by atoms with Crippen LogP contribution >= 0.6 is 0 Å². The first kappa shape index (κ1) is 11.5. The van der Waals surface area contributed by atoms with Gasteiger partial charge in [0.2, 0.25) is 0 Å². The average molecular weight is 256 g/mol. The summed E-state index contributed by atoms with van der Waals surface area (Å²) in [6.45, 7) is 3.99. The van der Waals surface area contributed by atoms with Gasteiger partial charge in [-0.25, -0.2) is 9.78 Å². The van der Waals surface area contributed by atoms with Crippen LogP contribution < -0.4 is 11.2 Å². The number of aryl methyl sites for hydroxylation is 2. The SMILES string of the molecule is Cc1cc(C)cc(-c2nc3[nH]c(=O)[nH]c(=O)c3[nH]2)c1. The molecule has 3 rings (SSSR count). The van der Waals surface area contributed by atoms with Crippen LogP contribution in [0.1, 0.15) is 11.1 Å². The maximum atomic E-state index is 11.6. The van der Waals surface area contributed by atoms with Gasteiger partial charge in [0.25, 0.3) is 5.56 Å². The lowest BCUT2D eigenvalue weighted by Gasteiger charge is -2.01. The van der Waals surface area contributed by atoms with E-state index in [1.165, 1.54) is 0 Å². The molecule has 19 heavy (non-hydrogen) atoms. The van der Waals surface area contributed by atoms with Crippen molar-refractivity contribution in [2.45, 2.75) is 13.8 Å². The number of nitrogens with zero attached hydrogens (tertiary/aromatic N) is 1. The summed E-state index contributed by atoms with van der Waals surface area (Å²) in [5.41, 5.74) is 2.61. The Morgan fingerprint density at radius 3 is 2.32 bits per heavy atom. The van der Waals surface area contributed by atoms with Gasteiger partial charge in [-0.1, -0.05) is 17.2 Å². The van der Waals surface area contributed by atoms with Crippen molar-refractivity contribution < 1.29 is 0 Å². The highest BCUT2D eigenvalue weighted by Gasteiger charge is 2.09. The van der Waals surface area contributed by atoms with Crippen LogP contribution in [-0.2, 0) is 0 Å². The third-order valence-corrected chi connectivity index (χ3v) is 2.88. The first-order valence-electron chi connectivity index (χ1n) is 5.84. The number of nitrogens with one attached hydrogen (secondary N) is 3. The Balaban J connectivity index is 2.29. The Labute approximate surface area is 107 Å². The Hall–Kier alpha value is -2.63. The fraction of sp³-hybridized carbons (Fsp3) is 0.154. The van der Waals surface area contributed by atoms with Crippen LogP contribution in [0.2, 0.25) is 0 Å². The second kappa shape index (κ2) is 3.94. The van der Waals surface area contributed by atoms with E-state index in [1.807, 2.05) is 26.0 Å². The predicted octanol–water partition coefficient (Wildman–Crippen LogP) is 1.22. The first-order chi connectivity index (χ1) is 9.02. The average Bonchev–Trinajstić information content (AvgIpc) is 2.71. The molecule has 0 saturated carbocycles. The zero-order valence-electron chi connectivity index (χ0n) is 10.5. The summed E-state index contributed by atoms with van der Waals surface area (Å²) in [4.78, 5) is 34.7. The first-order valence-corrected chi connectivity index (χ1v) is 5.84. The predicted molar refractivity (Wildman–Crippen MR) is 72.2 cm³/mol. The van der Waals surface area contributed by atoms with Gasteiger partial charge >= 0.3 is 5.69 Å². The van der Waals surface area contributed by atoms with Crippen LogP contribution in [-0.4, -0.2) is 19.9 Å². The zero-order valence-corrected chi connectivity index (χ0v) is 10.5. The number of aromatic nitrogens is 4. The minimum Gasteiger partial charge on any atom is -0.332 e. The van der Waals surface area contributed by atoms with Crippen molar-refractivity contribution in [1.29, 1.82) is 0 Å². The summed E-state index contributed by atoms with van der Waals surface area (Å²) >= 11 is 0. The molecule has 0 radical (unpaired) electrons. The normalized spacial score (nSPS) is 11.1. The summed E-state index contributed by atoms with van der Waals surface area (Å²) in [7, 11) is 0. The molecule has 96 valence electrons. The van der Waals surface area contributed by atoms with E-state index in [9.17, 15) is 9.59 Å². The molecule has 0 bridgehead atoms. The van der Waals surface area contributed by atoms with Crippen LogP contribution in [0.4, 0.5) is 0 Å². The van der Waals surface area contributed by atoms with E-state index in [0.29, 0.717) is 5.82 Å².